The number of carbonyl (C=O) groups is 1. The molecule has 0 spiro atoms. The van der Waals surface area contributed by atoms with E-state index in [2.05, 4.69) is 5.32 Å². The SMILES string of the molecule is C[C@H](O)CCN(C)C(=O)Nc1ccc([N+](=O)[O-])c(C(F)(F)F)c1. The van der Waals surface area contributed by atoms with Crippen LogP contribution < -0.4 is 5.32 Å². The smallest absolute Gasteiger partial charge is 0.393 e. The van der Waals surface area contributed by atoms with Gasteiger partial charge in [-0.3, -0.25) is 10.1 Å². The highest BCUT2D eigenvalue weighted by atomic mass is 19.4. The number of aliphatic hydroxyl groups excluding tert-OH is 1. The van der Waals surface area contributed by atoms with Crippen LogP contribution in [0.1, 0.15) is 18.9 Å². The summed E-state index contributed by atoms with van der Waals surface area (Å²) in [5.74, 6) is 0. The molecule has 23 heavy (non-hydrogen) atoms. The fourth-order valence-electron chi connectivity index (χ4n) is 1.70. The van der Waals surface area contributed by atoms with Gasteiger partial charge in [0.1, 0.15) is 5.56 Å². The van der Waals surface area contributed by atoms with Crippen LogP contribution in [0.5, 0.6) is 0 Å². The molecular formula is C13H16F3N3O4. The molecule has 0 radical (unpaired) electrons. The van der Waals surface area contributed by atoms with Gasteiger partial charge in [0, 0.05) is 25.3 Å². The zero-order valence-electron chi connectivity index (χ0n) is 12.4. The molecule has 0 aliphatic heterocycles. The second-order valence-electron chi connectivity index (χ2n) is 4.98. The second kappa shape index (κ2) is 7.27. The minimum absolute atomic E-state index is 0.197. The molecule has 0 unspecified atom stereocenters. The van der Waals surface area contributed by atoms with Crippen LogP contribution in [0.25, 0.3) is 0 Å². The number of benzene rings is 1. The summed E-state index contributed by atoms with van der Waals surface area (Å²) in [5, 5.41) is 22.0. The molecule has 2 N–H and O–H groups in total. The number of carbonyl (C=O) groups excluding carboxylic acids is 1. The van der Waals surface area contributed by atoms with Crippen molar-refractivity contribution in [1.29, 1.82) is 0 Å². The number of anilines is 1. The molecular weight excluding hydrogens is 319 g/mol. The average Bonchev–Trinajstić information content (AvgIpc) is 2.43. The number of nitro groups is 1. The molecule has 1 rings (SSSR count). The van der Waals surface area contributed by atoms with Gasteiger partial charge in [0.25, 0.3) is 5.69 Å². The third-order valence-electron chi connectivity index (χ3n) is 2.98. The summed E-state index contributed by atoms with van der Waals surface area (Å²) in [4.78, 5) is 22.5. The monoisotopic (exact) mass is 335 g/mol. The number of rotatable bonds is 5. The molecule has 7 nitrogen and oxygen atoms in total. The molecule has 1 aromatic carbocycles. The van der Waals surface area contributed by atoms with Gasteiger partial charge in [-0.1, -0.05) is 0 Å². The van der Waals surface area contributed by atoms with Crippen molar-refractivity contribution >= 4 is 17.4 Å². The van der Waals surface area contributed by atoms with E-state index in [0.29, 0.717) is 18.6 Å². The zero-order chi connectivity index (χ0) is 17.8. The van der Waals surface area contributed by atoms with Crippen LogP contribution in [0.15, 0.2) is 18.2 Å². The first-order chi connectivity index (χ1) is 10.5. The summed E-state index contributed by atoms with van der Waals surface area (Å²) >= 11 is 0. The molecule has 1 atom stereocenters. The second-order valence-corrected chi connectivity index (χ2v) is 4.98. The van der Waals surface area contributed by atoms with Crippen molar-refractivity contribution in [3.05, 3.63) is 33.9 Å². The van der Waals surface area contributed by atoms with Crippen molar-refractivity contribution in [3.63, 3.8) is 0 Å². The molecule has 0 saturated heterocycles. The number of nitrogens with zero attached hydrogens (tertiary/aromatic N) is 2. The number of hydrogen-bond acceptors (Lipinski definition) is 4. The van der Waals surface area contributed by atoms with Gasteiger partial charge in [-0.15, -0.1) is 0 Å². The lowest BCUT2D eigenvalue weighted by Gasteiger charge is -2.19. The third-order valence-corrected chi connectivity index (χ3v) is 2.98. The Morgan fingerprint density at radius 3 is 2.57 bits per heavy atom. The molecule has 0 aliphatic carbocycles. The van der Waals surface area contributed by atoms with Crippen LogP contribution in [-0.2, 0) is 6.18 Å². The largest absolute Gasteiger partial charge is 0.423 e. The van der Waals surface area contributed by atoms with Crippen molar-refractivity contribution in [3.8, 4) is 0 Å². The van der Waals surface area contributed by atoms with E-state index in [0.717, 1.165) is 6.07 Å². The highest BCUT2D eigenvalue weighted by Gasteiger charge is 2.38. The highest BCUT2D eigenvalue weighted by Crippen LogP contribution is 2.37. The molecule has 2 amide bonds. The molecule has 0 aromatic heterocycles. The van der Waals surface area contributed by atoms with E-state index < -0.39 is 34.5 Å². The normalized spacial score (nSPS) is 12.6. The summed E-state index contributed by atoms with van der Waals surface area (Å²) < 4.78 is 38.5. The molecule has 0 saturated carbocycles. The molecule has 0 bridgehead atoms. The number of nitrogens with one attached hydrogen (secondary N) is 1. The minimum Gasteiger partial charge on any atom is -0.393 e. The Morgan fingerprint density at radius 1 is 1.48 bits per heavy atom. The molecule has 0 fully saturated rings. The van der Waals surface area contributed by atoms with E-state index in [1.165, 1.54) is 18.9 Å². The lowest BCUT2D eigenvalue weighted by Crippen LogP contribution is -2.33. The van der Waals surface area contributed by atoms with Gasteiger partial charge < -0.3 is 15.3 Å². The van der Waals surface area contributed by atoms with E-state index >= 15 is 0 Å². The lowest BCUT2D eigenvalue weighted by molar-refractivity contribution is -0.388. The fourth-order valence-corrected chi connectivity index (χ4v) is 1.70. The number of hydrogen-bond donors (Lipinski definition) is 2. The Kier molecular flexibility index (Phi) is 5.91. The first-order valence-corrected chi connectivity index (χ1v) is 6.58. The number of alkyl halides is 3. The first-order valence-electron chi connectivity index (χ1n) is 6.58. The van der Waals surface area contributed by atoms with Crippen LogP contribution in [-0.4, -0.2) is 40.7 Å². The van der Waals surface area contributed by atoms with Gasteiger partial charge in [-0.25, -0.2) is 4.79 Å². The van der Waals surface area contributed by atoms with E-state index in [1.807, 2.05) is 0 Å². The van der Waals surface area contributed by atoms with Crippen molar-refractivity contribution in [2.24, 2.45) is 0 Å². The van der Waals surface area contributed by atoms with Gasteiger partial charge in [-0.05, 0) is 25.5 Å². The maximum Gasteiger partial charge on any atom is 0.423 e. The molecule has 1 aromatic rings. The number of nitro benzene ring substituents is 1. The van der Waals surface area contributed by atoms with Gasteiger partial charge in [0.2, 0.25) is 0 Å². The molecule has 128 valence electrons. The van der Waals surface area contributed by atoms with Gasteiger partial charge in [0.05, 0.1) is 11.0 Å². The highest BCUT2D eigenvalue weighted by molar-refractivity contribution is 5.89. The predicted molar refractivity (Wildman–Crippen MR) is 76.0 cm³/mol. The fraction of sp³-hybridized carbons (Fsp3) is 0.462. The van der Waals surface area contributed by atoms with Crippen molar-refractivity contribution in [2.45, 2.75) is 25.6 Å². The quantitative estimate of drug-likeness (QED) is 0.639. The zero-order valence-corrected chi connectivity index (χ0v) is 12.4. The van der Waals surface area contributed by atoms with Crippen molar-refractivity contribution < 1.29 is 28.0 Å². The van der Waals surface area contributed by atoms with Gasteiger partial charge in [0.15, 0.2) is 0 Å². The van der Waals surface area contributed by atoms with E-state index in [1.54, 1.807) is 0 Å². The maximum atomic E-state index is 12.8. The maximum absolute atomic E-state index is 12.8. The van der Waals surface area contributed by atoms with E-state index in [9.17, 15) is 28.1 Å². The van der Waals surface area contributed by atoms with Crippen molar-refractivity contribution in [1.82, 2.24) is 4.90 Å². The summed E-state index contributed by atoms with van der Waals surface area (Å²) in [6, 6.07) is 1.54. The Morgan fingerprint density at radius 2 is 2.09 bits per heavy atom. The average molecular weight is 335 g/mol. The van der Waals surface area contributed by atoms with Crippen LogP contribution in [0.4, 0.5) is 29.3 Å². The Balaban J connectivity index is 2.93. The molecule has 0 heterocycles. The standard InChI is InChI=1S/C13H16F3N3O4/c1-8(20)5-6-18(2)12(21)17-9-3-4-11(19(22)23)10(7-9)13(14,15)16/h3-4,7-8,20H,5-6H2,1-2H3,(H,17,21)/t8-/m0/s1. The summed E-state index contributed by atoms with van der Waals surface area (Å²) in [5.41, 5.74) is -2.73. The predicted octanol–water partition coefficient (Wildman–Crippen LogP) is 2.85. The first kappa shape index (κ1) is 18.7. The van der Waals surface area contributed by atoms with Crippen LogP contribution in [0, 0.1) is 10.1 Å². The summed E-state index contributed by atoms with van der Waals surface area (Å²) in [6.07, 6.45) is -5.24. The number of amides is 2. The van der Waals surface area contributed by atoms with Gasteiger partial charge >= 0.3 is 12.2 Å². The van der Waals surface area contributed by atoms with Gasteiger partial charge in [-0.2, -0.15) is 13.2 Å². The summed E-state index contributed by atoms with van der Waals surface area (Å²) in [6.45, 7) is 1.74. The van der Waals surface area contributed by atoms with Crippen LogP contribution in [0.3, 0.4) is 0 Å². The minimum atomic E-state index is -4.92. The number of halogens is 3. The van der Waals surface area contributed by atoms with E-state index in [-0.39, 0.29) is 12.2 Å². The Labute approximate surface area is 129 Å². The Hall–Kier alpha value is -2.36. The summed E-state index contributed by atoms with van der Waals surface area (Å²) in [7, 11) is 1.41. The topological polar surface area (TPSA) is 95.7 Å². The molecule has 0 aliphatic rings. The third kappa shape index (κ3) is 5.40. The number of aliphatic hydroxyl groups is 1. The van der Waals surface area contributed by atoms with Crippen LogP contribution in [0.2, 0.25) is 0 Å². The molecule has 10 heteroatoms. The van der Waals surface area contributed by atoms with Crippen LogP contribution >= 0.6 is 0 Å². The van der Waals surface area contributed by atoms with Crippen molar-refractivity contribution in [2.75, 3.05) is 18.9 Å². The number of urea groups is 1. The van der Waals surface area contributed by atoms with E-state index in [4.69, 9.17) is 5.11 Å². The Bertz CT molecular complexity index is 590. The lowest BCUT2D eigenvalue weighted by atomic mass is 10.1.